The number of thiazole rings is 1. The number of amidine groups is 1. The summed E-state index contributed by atoms with van der Waals surface area (Å²) in [5, 5.41) is 17.4. The van der Waals surface area contributed by atoms with Crippen LogP contribution in [0, 0.1) is 18.2 Å². The molecule has 47 heavy (non-hydrogen) atoms. The fourth-order valence-electron chi connectivity index (χ4n) is 5.98. The first kappa shape index (κ1) is 34.7. The van der Waals surface area contributed by atoms with Crippen LogP contribution in [0.1, 0.15) is 42.9 Å². The first-order chi connectivity index (χ1) is 22.3. The smallest absolute Gasteiger partial charge is 0.338 e. The lowest BCUT2D eigenvalue weighted by atomic mass is 9.86. The number of hydroxylamine groups is 2. The number of halogens is 3. The quantitative estimate of drug-likeness (QED) is 0.255. The lowest BCUT2D eigenvalue weighted by molar-refractivity contribution is -0.203. The van der Waals surface area contributed by atoms with E-state index in [4.69, 9.17) is 19.3 Å². The molecule has 2 N–H and O–H groups in total. The van der Waals surface area contributed by atoms with Gasteiger partial charge < -0.3 is 19.9 Å². The Bertz CT molecular complexity index is 1570. The number of ether oxygens (including phenoxy) is 2. The minimum atomic E-state index is -3.29. The van der Waals surface area contributed by atoms with Gasteiger partial charge in [-0.25, -0.2) is 22.9 Å². The molecule has 0 radical (unpaired) electrons. The molecule has 15 heteroatoms. The van der Waals surface area contributed by atoms with Gasteiger partial charge in [-0.05, 0) is 44.9 Å². The summed E-state index contributed by atoms with van der Waals surface area (Å²) in [6.45, 7) is 8.30. The van der Waals surface area contributed by atoms with Crippen LogP contribution in [0.4, 0.5) is 13.2 Å². The van der Waals surface area contributed by atoms with Crippen LogP contribution >= 0.6 is 11.3 Å². The molecule has 0 amide bonds. The van der Waals surface area contributed by atoms with Gasteiger partial charge in [0.2, 0.25) is 0 Å². The third-order valence-corrected chi connectivity index (χ3v) is 9.45. The third kappa shape index (κ3) is 6.85. The van der Waals surface area contributed by atoms with E-state index in [1.165, 1.54) is 48.3 Å². The molecule has 254 valence electrons. The highest BCUT2D eigenvalue weighted by Gasteiger charge is 2.61. The number of rotatable bonds is 12. The molecule has 3 aliphatic rings. The van der Waals surface area contributed by atoms with E-state index in [0.717, 1.165) is 5.06 Å². The van der Waals surface area contributed by atoms with Crippen molar-refractivity contribution in [1.29, 1.82) is 0 Å². The summed E-state index contributed by atoms with van der Waals surface area (Å²) in [4.78, 5) is 42.4. The Morgan fingerprint density at radius 1 is 1.34 bits per heavy atom. The molecule has 1 aromatic heterocycles. The van der Waals surface area contributed by atoms with E-state index in [9.17, 15) is 19.1 Å². The standard InChI is InChI=1S/C32H38F3N5O6S/c1-6-12-45-30(43)31(4,5)23(41)15-40-26-22(16-46-40)39(17-32(26,34)35)14-21-24(29(42)44-7-2)25(19-9-8-10-20(33)18(19)3)38-27(37-21)28-36-11-13-47-28/h6,8-11,13,22-23,25-26,41H,1,7,12,14-17H2,2-5H3,(H,37,38)/t22-,23-,25-,26+/m0/s1. The lowest BCUT2D eigenvalue weighted by Gasteiger charge is -2.33. The molecule has 0 bridgehead atoms. The number of aliphatic hydroxyl groups excluding tert-OH is 1. The van der Waals surface area contributed by atoms with Crippen molar-refractivity contribution < 1.29 is 42.2 Å². The van der Waals surface area contributed by atoms with Crippen LogP contribution in [-0.2, 0) is 23.9 Å². The van der Waals surface area contributed by atoms with Crippen LogP contribution < -0.4 is 5.32 Å². The van der Waals surface area contributed by atoms with Gasteiger partial charge in [-0.2, -0.15) is 5.06 Å². The van der Waals surface area contributed by atoms with Gasteiger partial charge in [0.1, 0.15) is 24.5 Å². The molecule has 1 aromatic carbocycles. The van der Waals surface area contributed by atoms with E-state index in [1.807, 2.05) is 0 Å². The molecule has 3 aliphatic heterocycles. The number of carbonyl (C=O) groups is 2. The van der Waals surface area contributed by atoms with Gasteiger partial charge >= 0.3 is 11.9 Å². The zero-order valence-corrected chi connectivity index (χ0v) is 27.4. The van der Waals surface area contributed by atoms with E-state index in [0.29, 0.717) is 16.4 Å². The van der Waals surface area contributed by atoms with Crippen molar-refractivity contribution in [2.75, 3.05) is 39.5 Å². The number of β-amino-alcohol motifs (C(OH)–C–C–N with tert-alkyl or cyclic N) is 1. The Morgan fingerprint density at radius 2 is 2.11 bits per heavy atom. The molecule has 11 nitrogen and oxygen atoms in total. The van der Waals surface area contributed by atoms with E-state index in [2.05, 4.69) is 16.9 Å². The molecule has 4 heterocycles. The van der Waals surface area contributed by atoms with Gasteiger partial charge in [0.15, 0.2) is 10.8 Å². The molecule has 2 saturated heterocycles. The summed E-state index contributed by atoms with van der Waals surface area (Å²) >= 11 is 1.29. The Balaban J connectivity index is 1.47. The molecule has 0 unspecified atom stereocenters. The number of nitrogens with one attached hydrogen (secondary N) is 1. The molecule has 4 atom stereocenters. The Kier molecular flexibility index (Phi) is 10.2. The van der Waals surface area contributed by atoms with E-state index in [1.54, 1.807) is 31.5 Å². The van der Waals surface area contributed by atoms with Crippen molar-refractivity contribution in [2.45, 2.75) is 57.8 Å². The minimum Gasteiger partial charge on any atom is -0.463 e. The van der Waals surface area contributed by atoms with Gasteiger partial charge in [0.05, 0.1) is 49.4 Å². The topological polar surface area (TPSA) is 126 Å². The molecule has 0 saturated carbocycles. The number of esters is 2. The SMILES string of the molecule is C=CCOC(=O)C(C)(C)[C@@H](O)CN1OC[C@H]2[C@@H]1C(F)(F)CN2CC1=C(C(=O)OCC)[C@H](c2cccc(F)c2C)N=C(c2nccs2)N1. The van der Waals surface area contributed by atoms with Crippen molar-refractivity contribution in [3.63, 3.8) is 0 Å². The number of hydrogen-bond donors (Lipinski definition) is 2. The summed E-state index contributed by atoms with van der Waals surface area (Å²) in [6, 6.07) is 1.18. The predicted octanol–water partition coefficient (Wildman–Crippen LogP) is 3.55. The van der Waals surface area contributed by atoms with E-state index in [-0.39, 0.29) is 49.7 Å². The zero-order valence-electron chi connectivity index (χ0n) is 26.5. The molecule has 5 rings (SSSR count). The van der Waals surface area contributed by atoms with Gasteiger partial charge in [0, 0.05) is 23.8 Å². The number of benzene rings is 1. The first-order valence-electron chi connectivity index (χ1n) is 15.2. The third-order valence-electron chi connectivity index (χ3n) is 8.67. The van der Waals surface area contributed by atoms with Gasteiger partial charge in [-0.3, -0.25) is 19.5 Å². The Hall–Kier alpha value is -3.63. The minimum absolute atomic E-state index is 0.0443. The van der Waals surface area contributed by atoms with Crippen LogP contribution in [0.3, 0.4) is 0 Å². The van der Waals surface area contributed by atoms with Crippen LogP contribution in [0.2, 0.25) is 0 Å². The normalized spacial score (nSPS) is 23.6. The number of alkyl halides is 2. The van der Waals surface area contributed by atoms with Gasteiger partial charge in [-0.15, -0.1) is 11.3 Å². The van der Waals surface area contributed by atoms with Crippen molar-refractivity contribution in [3.05, 3.63) is 75.7 Å². The number of nitrogens with zero attached hydrogens (tertiary/aromatic N) is 4. The molecule has 2 aromatic rings. The zero-order chi connectivity index (χ0) is 34.1. The summed E-state index contributed by atoms with van der Waals surface area (Å²) in [5.41, 5.74) is -0.384. The molecular formula is C32H38F3N5O6S. The number of fused-ring (bicyclic) bond motifs is 1. The largest absolute Gasteiger partial charge is 0.463 e. The molecular weight excluding hydrogens is 639 g/mol. The molecule has 0 aliphatic carbocycles. The number of carbonyl (C=O) groups excluding carboxylic acids is 2. The summed E-state index contributed by atoms with van der Waals surface area (Å²) in [7, 11) is 0. The maximum atomic E-state index is 15.8. The number of hydrogen-bond acceptors (Lipinski definition) is 12. The summed E-state index contributed by atoms with van der Waals surface area (Å²) < 4.78 is 56.9. The number of aromatic nitrogens is 1. The van der Waals surface area contributed by atoms with Crippen molar-refractivity contribution in [3.8, 4) is 0 Å². The number of likely N-dealkylation sites (tertiary alicyclic amines) is 1. The maximum absolute atomic E-state index is 15.8. The second kappa shape index (κ2) is 13.8. The highest BCUT2D eigenvalue weighted by atomic mass is 32.1. The van der Waals surface area contributed by atoms with Gasteiger partial charge in [-0.1, -0.05) is 24.8 Å². The second-order valence-electron chi connectivity index (χ2n) is 12.1. The number of aliphatic hydroxyl groups is 1. The Labute approximate surface area is 274 Å². The van der Waals surface area contributed by atoms with Crippen molar-refractivity contribution >= 4 is 29.1 Å². The summed E-state index contributed by atoms with van der Waals surface area (Å²) in [5.74, 6) is -4.90. The number of aliphatic imine (C=N–C) groups is 1. The van der Waals surface area contributed by atoms with Crippen LogP contribution in [-0.4, -0.2) is 101 Å². The first-order valence-corrected chi connectivity index (χ1v) is 16.1. The van der Waals surface area contributed by atoms with Crippen molar-refractivity contribution in [1.82, 2.24) is 20.3 Å². The van der Waals surface area contributed by atoms with Crippen molar-refractivity contribution in [2.24, 2.45) is 10.4 Å². The average molecular weight is 678 g/mol. The highest BCUT2D eigenvalue weighted by molar-refractivity contribution is 7.11. The van der Waals surface area contributed by atoms with Crippen LogP contribution in [0.15, 0.2) is 58.7 Å². The fourth-order valence-corrected chi connectivity index (χ4v) is 6.56. The van der Waals surface area contributed by atoms with Crippen LogP contribution in [0.5, 0.6) is 0 Å². The van der Waals surface area contributed by atoms with Gasteiger partial charge in [0.25, 0.3) is 5.92 Å². The van der Waals surface area contributed by atoms with E-state index >= 15 is 8.78 Å². The Morgan fingerprint density at radius 3 is 2.79 bits per heavy atom. The average Bonchev–Trinajstić information content (AvgIpc) is 3.76. The maximum Gasteiger partial charge on any atom is 0.338 e. The van der Waals surface area contributed by atoms with Crippen LogP contribution in [0.25, 0.3) is 0 Å². The fraction of sp³-hybridized carbons (Fsp3) is 0.500. The second-order valence-corrected chi connectivity index (χ2v) is 13.0. The predicted molar refractivity (Wildman–Crippen MR) is 167 cm³/mol. The molecule has 0 spiro atoms. The molecule has 2 fully saturated rings. The monoisotopic (exact) mass is 677 g/mol. The summed E-state index contributed by atoms with van der Waals surface area (Å²) in [6.07, 6.45) is 1.58. The lowest BCUT2D eigenvalue weighted by Crippen LogP contribution is -2.51. The van der Waals surface area contributed by atoms with E-state index < -0.39 is 59.9 Å². The highest BCUT2D eigenvalue weighted by Crippen LogP contribution is 2.42.